The van der Waals surface area contributed by atoms with Crippen LogP contribution >= 0.6 is 0 Å². The molecule has 90 valence electrons. The van der Waals surface area contributed by atoms with Gasteiger partial charge in [0.15, 0.2) is 0 Å². The van der Waals surface area contributed by atoms with Crippen molar-refractivity contribution >= 4 is 5.84 Å². The second kappa shape index (κ2) is 4.87. The summed E-state index contributed by atoms with van der Waals surface area (Å²) in [5.41, 5.74) is 8.45. The van der Waals surface area contributed by atoms with Crippen molar-refractivity contribution < 1.29 is 0 Å². The van der Waals surface area contributed by atoms with Gasteiger partial charge in [-0.3, -0.25) is 4.99 Å². The van der Waals surface area contributed by atoms with Crippen molar-refractivity contribution in [2.45, 2.75) is 19.3 Å². The Bertz CT molecular complexity index is 315. The van der Waals surface area contributed by atoms with E-state index in [9.17, 15) is 0 Å². The number of nitrogens with two attached hydrogens (primary N) is 1. The lowest BCUT2D eigenvalue weighted by atomic mass is 10.1. The van der Waals surface area contributed by atoms with Gasteiger partial charge in [-0.25, -0.2) is 0 Å². The number of nitrogens with zero attached hydrogens (tertiary/aromatic N) is 2. The molecule has 0 bridgehead atoms. The van der Waals surface area contributed by atoms with Crippen LogP contribution in [0.1, 0.15) is 19.3 Å². The maximum absolute atomic E-state index is 5.95. The summed E-state index contributed by atoms with van der Waals surface area (Å²) in [6.07, 6.45) is 3.83. The van der Waals surface area contributed by atoms with Crippen LogP contribution in [-0.4, -0.2) is 44.5 Å². The number of rotatable bonds is 4. The van der Waals surface area contributed by atoms with Crippen LogP contribution in [0.5, 0.6) is 0 Å². The minimum absolute atomic E-state index is 0.685. The summed E-state index contributed by atoms with van der Waals surface area (Å²) >= 11 is 0. The molecule has 0 aromatic carbocycles. The highest BCUT2D eigenvalue weighted by atomic mass is 15.1. The first-order valence-electron chi connectivity index (χ1n) is 6.07. The highest BCUT2D eigenvalue weighted by Crippen LogP contribution is 2.28. The Balaban J connectivity index is 2.06. The smallest absolute Gasteiger partial charge is 0.124 e. The van der Waals surface area contributed by atoms with Gasteiger partial charge >= 0.3 is 0 Å². The van der Waals surface area contributed by atoms with E-state index in [2.05, 4.69) is 22.3 Å². The molecule has 1 heterocycles. The molecule has 4 nitrogen and oxygen atoms in total. The number of likely N-dealkylation sites (N-methyl/N-ethyl adjacent to an activating group) is 1. The fourth-order valence-corrected chi connectivity index (χ4v) is 2.05. The van der Waals surface area contributed by atoms with Crippen molar-refractivity contribution in [2.75, 3.05) is 33.7 Å². The molecule has 0 aromatic heterocycles. The first kappa shape index (κ1) is 11.5. The summed E-state index contributed by atoms with van der Waals surface area (Å²) in [6, 6.07) is 0. The number of nitrogens with one attached hydrogen (secondary N) is 1. The molecular formula is C12H22N4. The molecule has 0 aromatic rings. The summed E-state index contributed by atoms with van der Waals surface area (Å²) < 4.78 is 0. The molecular weight excluding hydrogens is 200 g/mol. The summed E-state index contributed by atoms with van der Waals surface area (Å²) in [7, 11) is 3.88. The van der Waals surface area contributed by atoms with E-state index in [4.69, 9.17) is 5.73 Å². The lowest BCUT2D eigenvalue weighted by molar-refractivity contribution is 0.346. The maximum Gasteiger partial charge on any atom is 0.124 e. The van der Waals surface area contributed by atoms with E-state index in [0.29, 0.717) is 5.84 Å². The Morgan fingerprint density at radius 3 is 2.94 bits per heavy atom. The molecule has 3 N–H and O–H groups in total. The van der Waals surface area contributed by atoms with Gasteiger partial charge in [0.1, 0.15) is 5.84 Å². The Hall–Kier alpha value is -1.03. The van der Waals surface area contributed by atoms with Gasteiger partial charge in [-0.05, 0) is 25.8 Å². The molecule has 0 saturated heterocycles. The van der Waals surface area contributed by atoms with Crippen LogP contribution in [0.4, 0.5) is 0 Å². The molecule has 1 aliphatic heterocycles. The third kappa shape index (κ3) is 2.76. The zero-order valence-corrected chi connectivity index (χ0v) is 10.3. The lowest BCUT2D eigenvalue weighted by Gasteiger charge is -2.28. The van der Waals surface area contributed by atoms with Gasteiger partial charge in [-0.2, -0.15) is 0 Å². The van der Waals surface area contributed by atoms with E-state index in [0.717, 1.165) is 32.0 Å². The lowest BCUT2D eigenvalue weighted by Crippen LogP contribution is -2.37. The third-order valence-corrected chi connectivity index (χ3v) is 3.39. The number of hydrogen-bond donors (Lipinski definition) is 2. The molecule has 2 aliphatic rings. The van der Waals surface area contributed by atoms with Crippen molar-refractivity contribution in [2.24, 2.45) is 16.6 Å². The van der Waals surface area contributed by atoms with E-state index in [1.807, 2.05) is 0 Å². The molecule has 16 heavy (non-hydrogen) atoms. The van der Waals surface area contributed by atoms with E-state index < -0.39 is 0 Å². The monoisotopic (exact) mass is 222 g/mol. The molecule has 1 fully saturated rings. The second-order valence-electron chi connectivity index (χ2n) is 4.88. The van der Waals surface area contributed by atoms with Crippen molar-refractivity contribution in [3.8, 4) is 0 Å². The number of hydrogen-bond acceptors (Lipinski definition) is 3. The molecule has 0 radical (unpaired) electrons. The van der Waals surface area contributed by atoms with Crippen molar-refractivity contribution in [3.63, 3.8) is 0 Å². The highest BCUT2D eigenvalue weighted by molar-refractivity contribution is 5.98. The Morgan fingerprint density at radius 2 is 2.31 bits per heavy atom. The molecule has 1 aliphatic carbocycles. The minimum Gasteiger partial charge on any atom is -0.388 e. The Kier molecular flexibility index (Phi) is 3.49. The zero-order valence-electron chi connectivity index (χ0n) is 10.3. The van der Waals surface area contributed by atoms with Crippen LogP contribution in [-0.2, 0) is 0 Å². The summed E-state index contributed by atoms with van der Waals surface area (Å²) in [6.45, 7) is 3.13. The van der Waals surface area contributed by atoms with Gasteiger partial charge in [0.25, 0.3) is 0 Å². The number of amidine groups is 1. The Labute approximate surface area is 97.6 Å². The van der Waals surface area contributed by atoms with E-state index in [1.54, 1.807) is 7.05 Å². The van der Waals surface area contributed by atoms with Crippen molar-refractivity contribution in [1.82, 2.24) is 10.2 Å². The molecule has 0 spiro atoms. The molecule has 0 unspecified atom stereocenters. The van der Waals surface area contributed by atoms with Crippen molar-refractivity contribution in [1.29, 1.82) is 0 Å². The topological polar surface area (TPSA) is 53.6 Å². The molecule has 1 saturated carbocycles. The summed E-state index contributed by atoms with van der Waals surface area (Å²) in [5.74, 6) is 1.58. The van der Waals surface area contributed by atoms with Gasteiger partial charge in [-0.15, -0.1) is 0 Å². The molecule has 0 atom stereocenters. The van der Waals surface area contributed by atoms with Crippen LogP contribution in [0.25, 0.3) is 0 Å². The van der Waals surface area contributed by atoms with Gasteiger partial charge in [0.2, 0.25) is 0 Å². The van der Waals surface area contributed by atoms with Gasteiger partial charge in [-0.1, -0.05) is 0 Å². The summed E-state index contributed by atoms with van der Waals surface area (Å²) in [5, 5.41) is 3.56. The minimum atomic E-state index is 0.685. The van der Waals surface area contributed by atoms with Crippen molar-refractivity contribution in [3.05, 3.63) is 11.3 Å². The van der Waals surface area contributed by atoms with Crippen LogP contribution in [0.3, 0.4) is 0 Å². The predicted molar refractivity (Wildman–Crippen MR) is 67.4 cm³/mol. The first-order chi connectivity index (χ1) is 7.70. The maximum atomic E-state index is 5.95. The largest absolute Gasteiger partial charge is 0.388 e. The van der Waals surface area contributed by atoms with Crippen LogP contribution < -0.4 is 11.1 Å². The molecule has 2 rings (SSSR count). The Morgan fingerprint density at radius 1 is 1.56 bits per heavy atom. The fraction of sp³-hybridized carbons (Fsp3) is 0.750. The van der Waals surface area contributed by atoms with Crippen LogP contribution in [0.15, 0.2) is 16.3 Å². The molecule has 4 heteroatoms. The second-order valence-corrected chi connectivity index (χ2v) is 4.88. The van der Waals surface area contributed by atoms with Gasteiger partial charge in [0.05, 0.1) is 0 Å². The normalized spacial score (nSPS) is 23.8. The highest BCUT2D eigenvalue weighted by Gasteiger charge is 2.23. The average Bonchev–Trinajstić information content (AvgIpc) is 3.10. The SMILES string of the molecule is CN=C(N)C1=C(NCC2CC2)CCN(C)C1. The predicted octanol–water partition coefficient (Wildman–Crippen LogP) is 0.563. The van der Waals surface area contributed by atoms with Gasteiger partial charge in [0, 0.05) is 44.4 Å². The summed E-state index contributed by atoms with van der Waals surface area (Å²) in [4.78, 5) is 6.40. The van der Waals surface area contributed by atoms with E-state index in [1.165, 1.54) is 24.1 Å². The first-order valence-corrected chi connectivity index (χ1v) is 6.07. The van der Waals surface area contributed by atoms with Crippen LogP contribution in [0.2, 0.25) is 0 Å². The average molecular weight is 222 g/mol. The quantitative estimate of drug-likeness (QED) is 0.540. The number of aliphatic imine (C=N–C) groups is 1. The standard InChI is InChI=1S/C12H22N4/c1-14-12(13)10-8-16(2)6-5-11(10)15-7-9-3-4-9/h9,15H,3-8H2,1-2H3,(H2,13,14). The molecule has 0 amide bonds. The van der Waals surface area contributed by atoms with E-state index in [-0.39, 0.29) is 0 Å². The van der Waals surface area contributed by atoms with Gasteiger partial charge < -0.3 is 16.0 Å². The fourth-order valence-electron chi connectivity index (χ4n) is 2.05. The van der Waals surface area contributed by atoms with E-state index >= 15 is 0 Å². The zero-order chi connectivity index (χ0) is 11.5. The third-order valence-electron chi connectivity index (χ3n) is 3.39. The van der Waals surface area contributed by atoms with Crippen LogP contribution in [0, 0.1) is 5.92 Å².